The highest BCUT2D eigenvalue weighted by atomic mass is 35.5. The summed E-state index contributed by atoms with van der Waals surface area (Å²) in [5, 5.41) is 6.97. The third-order valence-corrected chi connectivity index (χ3v) is 5.20. The van der Waals surface area contributed by atoms with Gasteiger partial charge in [0.25, 0.3) is 0 Å². The first-order valence-corrected chi connectivity index (χ1v) is 9.75. The van der Waals surface area contributed by atoms with Crippen molar-refractivity contribution < 1.29 is 9.59 Å². The number of hydrogen-bond acceptors (Lipinski definition) is 2. The molecular formula is C20H22Cl2N4O2. The average molecular weight is 421 g/mol. The molecule has 2 N–H and O–H groups in total. The summed E-state index contributed by atoms with van der Waals surface area (Å²) in [5.74, 6) is 0. The number of anilines is 2. The van der Waals surface area contributed by atoms with Crippen molar-refractivity contribution in [3.05, 3.63) is 58.6 Å². The number of piperazine rings is 1. The standard InChI is InChI=1S/C20H22Cl2N4O2/c1-13-11-26(20(28)24-18-9-5-16(22)6-10-18)14(2)12-25(13)19(27)23-17-7-3-15(21)4-8-17/h3-10,13-14H,11-12H2,1-2H3,(H,23,27)(H,24,28)/t13-,14+. The van der Waals surface area contributed by atoms with Crippen molar-refractivity contribution in [1.82, 2.24) is 9.80 Å². The van der Waals surface area contributed by atoms with Gasteiger partial charge in [-0.1, -0.05) is 23.2 Å². The molecule has 1 fully saturated rings. The van der Waals surface area contributed by atoms with Crippen molar-refractivity contribution in [2.75, 3.05) is 23.7 Å². The molecule has 1 heterocycles. The van der Waals surface area contributed by atoms with Crippen LogP contribution < -0.4 is 10.6 Å². The molecule has 28 heavy (non-hydrogen) atoms. The molecule has 0 saturated carbocycles. The molecule has 8 heteroatoms. The monoisotopic (exact) mass is 420 g/mol. The van der Waals surface area contributed by atoms with Gasteiger partial charge in [-0.2, -0.15) is 0 Å². The van der Waals surface area contributed by atoms with E-state index in [2.05, 4.69) is 10.6 Å². The molecule has 0 unspecified atom stereocenters. The Hall–Kier alpha value is -2.44. The molecule has 1 aliphatic heterocycles. The second-order valence-corrected chi connectivity index (χ2v) is 7.75. The second-order valence-electron chi connectivity index (χ2n) is 6.88. The van der Waals surface area contributed by atoms with E-state index >= 15 is 0 Å². The largest absolute Gasteiger partial charge is 0.322 e. The molecule has 2 aromatic carbocycles. The van der Waals surface area contributed by atoms with Gasteiger partial charge in [0.15, 0.2) is 0 Å². The Labute approximate surface area is 174 Å². The third kappa shape index (κ3) is 4.88. The highest BCUT2D eigenvalue weighted by molar-refractivity contribution is 6.30. The van der Waals surface area contributed by atoms with E-state index in [1.165, 1.54) is 0 Å². The summed E-state index contributed by atoms with van der Waals surface area (Å²) in [6.07, 6.45) is 0. The maximum atomic E-state index is 12.7. The minimum Gasteiger partial charge on any atom is -0.318 e. The minimum absolute atomic E-state index is 0.125. The zero-order valence-corrected chi connectivity index (χ0v) is 17.2. The van der Waals surface area contributed by atoms with Gasteiger partial charge in [-0.05, 0) is 62.4 Å². The van der Waals surface area contributed by atoms with Crippen LogP contribution in [0.4, 0.5) is 21.0 Å². The summed E-state index contributed by atoms with van der Waals surface area (Å²) in [6.45, 7) is 4.73. The van der Waals surface area contributed by atoms with E-state index in [1.807, 2.05) is 13.8 Å². The molecule has 0 spiro atoms. The van der Waals surface area contributed by atoms with Gasteiger partial charge in [0, 0.05) is 46.6 Å². The number of halogens is 2. The fraction of sp³-hybridized carbons (Fsp3) is 0.300. The fourth-order valence-electron chi connectivity index (χ4n) is 3.15. The van der Waals surface area contributed by atoms with Crippen LogP contribution in [0.1, 0.15) is 13.8 Å². The molecule has 0 aromatic heterocycles. The predicted molar refractivity (Wildman–Crippen MR) is 113 cm³/mol. The molecule has 1 aliphatic rings. The van der Waals surface area contributed by atoms with Crippen molar-refractivity contribution in [1.29, 1.82) is 0 Å². The van der Waals surface area contributed by atoms with Crippen LogP contribution in [-0.4, -0.2) is 47.0 Å². The number of carbonyl (C=O) groups is 2. The van der Waals surface area contributed by atoms with Gasteiger partial charge in [0.1, 0.15) is 0 Å². The van der Waals surface area contributed by atoms with Gasteiger partial charge < -0.3 is 20.4 Å². The molecule has 0 radical (unpaired) electrons. The third-order valence-electron chi connectivity index (χ3n) is 4.70. The Morgan fingerprint density at radius 2 is 1.07 bits per heavy atom. The SMILES string of the molecule is C[C@@H]1CN(C(=O)Nc2ccc(Cl)cc2)[C@@H](C)CN1C(=O)Nc1ccc(Cl)cc1. The molecule has 1 saturated heterocycles. The molecular weight excluding hydrogens is 399 g/mol. The number of benzene rings is 2. The number of urea groups is 2. The molecule has 0 bridgehead atoms. The van der Waals surface area contributed by atoms with E-state index in [4.69, 9.17) is 23.2 Å². The van der Waals surface area contributed by atoms with Crippen molar-refractivity contribution in [3.63, 3.8) is 0 Å². The lowest BCUT2D eigenvalue weighted by molar-refractivity contribution is 0.0917. The second kappa shape index (κ2) is 8.71. The van der Waals surface area contributed by atoms with Crippen LogP contribution in [0.25, 0.3) is 0 Å². The number of nitrogens with one attached hydrogen (secondary N) is 2. The van der Waals surface area contributed by atoms with Gasteiger partial charge in [-0.15, -0.1) is 0 Å². The molecule has 0 aliphatic carbocycles. The van der Waals surface area contributed by atoms with Crippen LogP contribution >= 0.6 is 23.2 Å². The number of nitrogens with zero attached hydrogens (tertiary/aromatic N) is 2. The topological polar surface area (TPSA) is 64.7 Å². The van der Waals surface area contributed by atoms with E-state index in [1.54, 1.807) is 58.3 Å². The minimum atomic E-state index is -0.195. The molecule has 4 amide bonds. The van der Waals surface area contributed by atoms with Crippen LogP contribution in [0.15, 0.2) is 48.5 Å². The van der Waals surface area contributed by atoms with E-state index in [-0.39, 0.29) is 24.1 Å². The molecule has 3 rings (SSSR count). The summed E-state index contributed by atoms with van der Waals surface area (Å²) in [6, 6.07) is 13.3. The average Bonchev–Trinajstić information content (AvgIpc) is 2.66. The highest BCUT2D eigenvalue weighted by Crippen LogP contribution is 2.20. The van der Waals surface area contributed by atoms with Crippen molar-refractivity contribution in [2.24, 2.45) is 0 Å². The van der Waals surface area contributed by atoms with Crippen LogP contribution in [0.3, 0.4) is 0 Å². The van der Waals surface area contributed by atoms with E-state index < -0.39 is 0 Å². The summed E-state index contributed by atoms with van der Waals surface area (Å²) in [7, 11) is 0. The number of rotatable bonds is 2. The maximum absolute atomic E-state index is 12.7. The van der Waals surface area contributed by atoms with E-state index in [0.29, 0.717) is 34.5 Å². The summed E-state index contributed by atoms with van der Waals surface area (Å²) >= 11 is 11.8. The first kappa shape index (κ1) is 20.3. The Balaban J connectivity index is 1.61. The van der Waals surface area contributed by atoms with Gasteiger partial charge in [0.05, 0.1) is 0 Å². The first-order valence-electron chi connectivity index (χ1n) is 9.00. The van der Waals surface area contributed by atoms with E-state index in [0.717, 1.165) is 0 Å². The lowest BCUT2D eigenvalue weighted by atomic mass is 10.1. The van der Waals surface area contributed by atoms with Crippen molar-refractivity contribution >= 4 is 46.6 Å². The van der Waals surface area contributed by atoms with Gasteiger partial charge in [-0.3, -0.25) is 0 Å². The quantitative estimate of drug-likeness (QED) is 0.704. The van der Waals surface area contributed by atoms with Crippen LogP contribution in [0.5, 0.6) is 0 Å². The Bertz CT molecular complexity index is 771. The normalized spacial score (nSPS) is 19.3. The zero-order chi connectivity index (χ0) is 20.3. The lowest BCUT2D eigenvalue weighted by Crippen LogP contribution is -2.61. The molecule has 148 valence electrons. The van der Waals surface area contributed by atoms with Gasteiger partial charge in [-0.25, -0.2) is 9.59 Å². The highest BCUT2D eigenvalue weighted by Gasteiger charge is 2.34. The summed E-state index contributed by atoms with van der Waals surface area (Å²) < 4.78 is 0. The Morgan fingerprint density at radius 3 is 1.39 bits per heavy atom. The molecule has 2 atom stereocenters. The summed E-state index contributed by atoms with van der Waals surface area (Å²) in [5.41, 5.74) is 1.36. The lowest BCUT2D eigenvalue weighted by Gasteiger charge is -2.43. The number of carbonyl (C=O) groups excluding carboxylic acids is 2. The molecule has 6 nitrogen and oxygen atoms in total. The van der Waals surface area contributed by atoms with E-state index in [9.17, 15) is 9.59 Å². The molecule has 2 aromatic rings. The predicted octanol–water partition coefficient (Wildman–Crippen LogP) is 5.15. The van der Waals surface area contributed by atoms with Gasteiger partial charge >= 0.3 is 12.1 Å². The first-order chi connectivity index (χ1) is 13.3. The summed E-state index contributed by atoms with van der Waals surface area (Å²) in [4.78, 5) is 28.8. The van der Waals surface area contributed by atoms with Crippen LogP contribution in [0.2, 0.25) is 10.0 Å². The van der Waals surface area contributed by atoms with Crippen LogP contribution in [0, 0.1) is 0 Å². The van der Waals surface area contributed by atoms with Gasteiger partial charge in [0.2, 0.25) is 0 Å². The smallest absolute Gasteiger partial charge is 0.318 e. The maximum Gasteiger partial charge on any atom is 0.322 e. The Morgan fingerprint density at radius 1 is 0.750 bits per heavy atom. The van der Waals surface area contributed by atoms with Crippen molar-refractivity contribution in [3.8, 4) is 0 Å². The fourth-order valence-corrected chi connectivity index (χ4v) is 3.40. The number of hydrogen-bond donors (Lipinski definition) is 2. The Kier molecular flexibility index (Phi) is 6.31. The van der Waals surface area contributed by atoms with Crippen LogP contribution in [-0.2, 0) is 0 Å². The number of amides is 4. The van der Waals surface area contributed by atoms with Crippen molar-refractivity contribution in [2.45, 2.75) is 25.9 Å². The zero-order valence-electron chi connectivity index (χ0n) is 15.7.